The second kappa shape index (κ2) is 11.2. The minimum Gasteiger partial charge on any atom is -0.449 e. The van der Waals surface area contributed by atoms with Crippen LogP contribution in [0, 0.1) is 17.2 Å². The summed E-state index contributed by atoms with van der Waals surface area (Å²) >= 11 is 1.48. The van der Waals surface area contributed by atoms with Crippen LogP contribution >= 0.6 is 11.3 Å². The number of pyridine rings is 1. The molecule has 7 nitrogen and oxygen atoms in total. The maximum Gasteiger partial charge on any atom is 0.340 e. The van der Waals surface area contributed by atoms with Crippen LogP contribution in [-0.2, 0) is 35.3 Å². The fourth-order valence-electron chi connectivity index (χ4n) is 5.65. The Labute approximate surface area is 227 Å². The average Bonchev–Trinajstić information content (AvgIpc) is 3.25. The van der Waals surface area contributed by atoms with Crippen molar-refractivity contribution in [2.24, 2.45) is 5.92 Å². The van der Waals surface area contributed by atoms with Gasteiger partial charge in [-0.3, -0.25) is 14.7 Å². The number of hydrogen-bond acceptors (Lipinski definition) is 7. The van der Waals surface area contributed by atoms with Crippen LogP contribution in [0.4, 0.5) is 5.00 Å². The van der Waals surface area contributed by atoms with Gasteiger partial charge >= 0.3 is 5.97 Å². The number of benzene rings is 1. The van der Waals surface area contributed by atoms with Gasteiger partial charge in [0.15, 0.2) is 6.10 Å². The number of nitriles is 1. The number of thiophene rings is 1. The van der Waals surface area contributed by atoms with Gasteiger partial charge in [0.25, 0.3) is 5.91 Å². The first-order valence-electron chi connectivity index (χ1n) is 13.6. The van der Waals surface area contributed by atoms with Crippen molar-refractivity contribution in [1.82, 2.24) is 9.88 Å². The van der Waals surface area contributed by atoms with E-state index in [1.165, 1.54) is 16.2 Å². The second-order valence-electron chi connectivity index (χ2n) is 10.4. The minimum atomic E-state index is -0.968. The molecule has 1 aliphatic carbocycles. The molecule has 0 fully saturated rings. The Kier molecular flexibility index (Phi) is 7.78. The third-order valence-electron chi connectivity index (χ3n) is 7.64. The number of hydrogen-bond donors (Lipinski definition) is 1. The molecule has 2 unspecified atom stereocenters. The van der Waals surface area contributed by atoms with E-state index in [4.69, 9.17) is 9.72 Å². The Balaban J connectivity index is 1.42. The first-order chi connectivity index (χ1) is 18.4. The number of fused-ring (bicyclic) bond motifs is 3. The van der Waals surface area contributed by atoms with E-state index in [2.05, 4.69) is 30.1 Å². The number of rotatable bonds is 7. The van der Waals surface area contributed by atoms with Crippen LogP contribution in [0.2, 0.25) is 0 Å². The first kappa shape index (κ1) is 26.3. The van der Waals surface area contributed by atoms with Gasteiger partial charge < -0.3 is 10.1 Å². The molecule has 5 rings (SSSR count). The quantitative estimate of drug-likeness (QED) is 0.398. The molecule has 8 heteroatoms. The highest BCUT2D eigenvalue weighted by Crippen LogP contribution is 2.39. The number of esters is 1. The molecule has 0 bridgehead atoms. The lowest BCUT2D eigenvalue weighted by atomic mass is 9.88. The van der Waals surface area contributed by atoms with Gasteiger partial charge in [-0.15, -0.1) is 11.3 Å². The number of anilines is 1. The number of nitrogens with zero attached hydrogens (tertiary/aromatic N) is 3. The number of ether oxygens (including phenoxy) is 1. The molecule has 3 heterocycles. The molecular weight excluding hydrogens is 496 g/mol. The van der Waals surface area contributed by atoms with E-state index in [-0.39, 0.29) is 0 Å². The number of aromatic nitrogens is 1. The Morgan fingerprint density at radius 2 is 2.08 bits per heavy atom. The summed E-state index contributed by atoms with van der Waals surface area (Å²) in [5.74, 6) is -0.334. The topological polar surface area (TPSA) is 95.3 Å². The van der Waals surface area contributed by atoms with Crippen LogP contribution in [-0.4, -0.2) is 41.0 Å². The van der Waals surface area contributed by atoms with Crippen molar-refractivity contribution in [2.45, 2.75) is 71.9 Å². The Morgan fingerprint density at radius 1 is 1.26 bits per heavy atom. The van der Waals surface area contributed by atoms with E-state index in [1.54, 1.807) is 0 Å². The van der Waals surface area contributed by atoms with E-state index in [1.807, 2.05) is 31.2 Å². The summed E-state index contributed by atoms with van der Waals surface area (Å²) in [5.41, 5.74) is 4.71. The van der Waals surface area contributed by atoms with Crippen molar-refractivity contribution in [2.75, 3.05) is 18.4 Å². The zero-order chi connectivity index (χ0) is 26.8. The lowest BCUT2D eigenvalue weighted by molar-refractivity contribution is -0.124. The predicted octanol–water partition coefficient (Wildman–Crippen LogP) is 5.63. The maximum absolute atomic E-state index is 13.7. The Hall–Kier alpha value is -3.28. The lowest BCUT2D eigenvalue weighted by Crippen LogP contribution is -2.35. The molecule has 2 aliphatic rings. The van der Waals surface area contributed by atoms with Gasteiger partial charge in [-0.2, -0.15) is 5.26 Å². The summed E-state index contributed by atoms with van der Waals surface area (Å²) in [4.78, 5) is 35.4. The van der Waals surface area contributed by atoms with Crippen LogP contribution in [0.5, 0.6) is 0 Å². The second-order valence-corrected chi connectivity index (χ2v) is 11.5. The SMILES string of the molecule is CCCN1CCc2nc3ccccc3c(C(=O)OC(CC)C(=O)Nc3sc4c(c3C#N)CCC(C)C4)c2C1. The highest BCUT2D eigenvalue weighted by molar-refractivity contribution is 7.16. The molecule has 1 N–H and O–H groups in total. The number of nitrogens with one attached hydrogen (secondary N) is 1. The van der Waals surface area contributed by atoms with Crippen LogP contribution in [0.15, 0.2) is 24.3 Å². The summed E-state index contributed by atoms with van der Waals surface area (Å²) < 4.78 is 5.91. The average molecular weight is 531 g/mol. The molecule has 38 heavy (non-hydrogen) atoms. The first-order valence-corrected chi connectivity index (χ1v) is 14.4. The summed E-state index contributed by atoms with van der Waals surface area (Å²) in [5, 5.41) is 14.0. The molecule has 2 atom stereocenters. The fourth-order valence-corrected chi connectivity index (χ4v) is 7.01. The number of amides is 1. The lowest BCUT2D eigenvalue weighted by Gasteiger charge is -2.30. The minimum absolute atomic E-state index is 0.328. The molecule has 1 aromatic carbocycles. The van der Waals surface area contributed by atoms with Gasteiger partial charge in [0.05, 0.1) is 16.6 Å². The number of carbonyl (C=O) groups is 2. The van der Waals surface area contributed by atoms with E-state index in [9.17, 15) is 14.9 Å². The highest BCUT2D eigenvalue weighted by Gasteiger charge is 2.31. The van der Waals surface area contributed by atoms with E-state index in [0.29, 0.717) is 35.0 Å². The van der Waals surface area contributed by atoms with Gasteiger partial charge in [0, 0.05) is 41.0 Å². The van der Waals surface area contributed by atoms with E-state index >= 15 is 0 Å². The fraction of sp³-hybridized carbons (Fsp3) is 0.467. The maximum atomic E-state index is 13.7. The van der Waals surface area contributed by atoms with E-state index < -0.39 is 18.0 Å². The van der Waals surface area contributed by atoms with Gasteiger partial charge in [-0.25, -0.2) is 4.79 Å². The molecule has 1 aliphatic heterocycles. The van der Waals surface area contributed by atoms with Gasteiger partial charge in [0.2, 0.25) is 0 Å². The third kappa shape index (κ3) is 5.05. The molecular formula is C30H34N4O3S. The van der Waals surface area contributed by atoms with Crippen LogP contribution in [0.1, 0.15) is 77.7 Å². The van der Waals surface area contributed by atoms with Crippen LogP contribution in [0.3, 0.4) is 0 Å². The van der Waals surface area contributed by atoms with Crippen molar-refractivity contribution in [3.8, 4) is 6.07 Å². The summed E-state index contributed by atoms with van der Waals surface area (Å²) in [6.07, 6.45) is 3.99. The molecule has 198 valence electrons. The normalized spacial score (nSPS) is 17.8. The molecule has 0 spiro atoms. The summed E-state index contributed by atoms with van der Waals surface area (Å²) in [6.45, 7) is 8.68. The summed E-state index contributed by atoms with van der Waals surface area (Å²) in [7, 11) is 0. The smallest absolute Gasteiger partial charge is 0.340 e. The monoisotopic (exact) mass is 530 g/mol. The zero-order valence-corrected chi connectivity index (χ0v) is 23.1. The van der Waals surface area contributed by atoms with Crippen molar-refractivity contribution in [3.05, 3.63) is 57.1 Å². The molecule has 0 saturated carbocycles. The largest absolute Gasteiger partial charge is 0.449 e. The molecule has 1 amide bonds. The predicted molar refractivity (Wildman–Crippen MR) is 149 cm³/mol. The molecule has 0 saturated heterocycles. The molecule has 3 aromatic rings. The number of carbonyl (C=O) groups excluding carboxylic acids is 2. The van der Waals surface area contributed by atoms with Crippen molar-refractivity contribution < 1.29 is 14.3 Å². The molecule has 2 aromatic heterocycles. The zero-order valence-electron chi connectivity index (χ0n) is 22.3. The Bertz CT molecular complexity index is 1420. The molecule has 0 radical (unpaired) electrons. The summed E-state index contributed by atoms with van der Waals surface area (Å²) in [6, 6.07) is 9.92. The van der Waals surface area contributed by atoms with Crippen molar-refractivity contribution in [1.29, 1.82) is 5.26 Å². The number of para-hydroxylation sites is 1. The van der Waals surface area contributed by atoms with E-state index in [0.717, 1.165) is 72.9 Å². The van der Waals surface area contributed by atoms with Crippen molar-refractivity contribution in [3.63, 3.8) is 0 Å². The van der Waals surface area contributed by atoms with Crippen LogP contribution in [0.25, 0.3) is 10.9 Å². The van der Waals surface area contributed by atoms with Crippen LogP contribution < -0.4 is 5.32 Å². The van der Waals surface area contributed by atoms with Gasteiger partial charge in [0.1, 0.15) is 11.1 Å². The van der Waals surface area contributed by atoms with Gasteiger partial charge in [-0.1, -0.05) is 39.0 Å². The Morgan fingerprint density at radius 3 is 2.84 bits per heavy atom. The van der Waals surface area contributed by atoms with Gasteiger partial charge in [-0.05, 0) is 56.2 Å². The highest BCUT2D eigenvalue weighted by atomic mass is 32.1. The standard InChI is InChI=1S/C30H34N4O3S/c1-4-13-34-14-12-24-22(17-34)27(20-8-6-7-9-23(20)32-24)30(36)37-25(5-2)28(35)33-29-21(16-31)19-11-10-18(3)15-26(19)38-29/h6-9,18,25H,4-5,10-15,17H2,1-3H3,(H,33,35). The third-order valence-corrected chi connectivity index (χ3v) is 8.81. The van der Waals surface area contributed by atoms with Crippen molar-refractivity contribution >= 4 is 39.1 Å².